The van der Waals surface area contributed by atoms with Crippen LogP contribution >= 0.6 is 0 Å². The maximum Gasteiger partial charge on any atom is 0.325 e. The van der Waals surface area contributed by atoms with Gasteiger partial charge in [-0.3, -0.25) is 19.2 Å². The zero-order valence-corrected chi connectivity index (χ0v) is 20.3. The molecule has 1 aliphatic heterocycles. The van der Waals surface area contributed by atoms with E-state index in [4.69, 9.17) is 10.5 Å². The molecule has 3 aromatic rings. The highest BCUT2D eigenvalue weighted by molar-refractivity contribution is 6.05. The molecule has 12 nitrogen and oxygen atoms in total. The number of hydrogen-bond donors (Lipinski definition) is 4. The lowest BCUT2D eigenvalue weighted by Crippen LogP contribution is -2.55. The Hall–Kier alpha value is -4.42. The minimum atomic E-state index is -1.78. The number of esters is 1. The van der Waals surface area contributed by atoms with E-state index in [0.29, 0.717) is 17.2 Å². The van der Waals surface area contributed by atoms with E-state index in [1.54, 1.807) is 42.6 Å². The molecule has 0 bridgehead atoms. The number of H-pyrrole nitrogens is 1. The Morgan fingerprint density at radius 3 is 2.84 bits per heavy atom. The molecular weight excluding hydrogens is 482 g/mol. The van der Waals surface area contributed by atoms with Gasteiger partial charge in [0.05, 0.1) is 13.7 Å². The number of carbonyl (C=O) groups is 4. The van der Waals surface area contributed by atoms with Crippen molar-refractivity contribution in [2.45, 2.75) is 12.2 Å². The van der Waals surface area contributed by atoms with Gasteiger partial charge >= 0.3 is 5.97 Å². The number of nitrogens with zero attached hydrogens (tertiary/aromatic N) is 2. The molecule has 2 aromatic carbocycles. The number of benzene rings is 2. The topological polar surface area (TPSA) is 167 Å². The maximum atomic E-state index is 13.2. The molecule has 0 unspecified atom stereocenters. The number of rotatable bonds is 7. The lowest BCUT2D eigenvalue weighted by molar-refractivity contribution is -0.150. The molecule has 0 aliphatic carbocycles. The number of aromatic nitrogens is 1. The molecule has 4 rings (SSSR count). The van der Waals surface area contributed by atoms with Crippen LogP contribution in [0.3, 0.4) is 0 Å². The molecule has 1 saturated heterocycles. The predicted octanol–water partition coefficient (Wildman–Crippen LogP) is 0.727. The number of nitrogen functional groups attached to an aromatic ring is 1. The quantitative estimate of drug-likeness (QED) is 0.338. The van der Waals surface area contributed by atoms with Crippen molar-refractivity contribution >= 4 is 51.7 Å². The van der Waals surface area contributed by atoms with E-state index in [-0.39, 0.29) is 25.3 Å². The first-order valence-electron chi connectivity index (χ1n) is 11.4. The van der Waals surface area contributed by atoms with Crippen LogP contribution in [0.4, 0.5) is 17.2 Å². The first-order valence-corrected chi connectivity index (χ1v) is 11.4. The van der Waals surface area contributed by atoms with E-state index in [9.17, 15) is 24.3 Å². The molecule has 37 heavy (non-hydrogen) atoms. The fourth-order valence-electron chi connectivity index (χ4n) is 4.04. The molecule has 194 valence electrons. The zero-order chi connectivity index (χ0) is 26.7. The van der Waals surface area contributed by atoms with Crippen LogP contribution in [-0.4, -0.2) is 84.7 Å². The summed E-state index contributed by atoms with van der Waals surface area (Å²) in [5.41, 5.74) is 6.89. The summed E-state index contributed by atoms with van der Waals surface area (Å²) in [5, 5.41) is 14.8. The second-order valence-corrected chi connectivity index (χ2v) is 8.51. The van der Waals surface area contributed by atoms with Crippen LogP contribution in [0, 0.1) is 0 Å². The summed E-state index contributed by atoms with van der Waals surface area (Å²) < 4.78 is 10.0. The van der Waals surface area contributed by atoms with E-state index < -0.39 is 35.9 Å². The highest BCUT2D eigenvalue weighted by Gasteiger charge is 2.39. The fraction of sp³-hybridized carbons (Fsp3) is 0.280. The number of aliphatic hydroxyl groups is 1. The number of fused-ring (bicyclic) bond motifs is 1. The zero-order valence-electron chi connectivity index (χ0n) is 20.3. The number of hydrogen-bond acceptors (Lipinski definition) is 8. The average molecular weight is 510 g/mol. The van der Waals surface area contributed by atoms with Gasteiger partial charge in [-0.1, -0.05) is 6.07 Å². The van der Waals surface area contributed by atoms with Crippen LogP contribution in [0.5, 0.6) is 0 Å². The smallest absolute Gasteiger partial charge is 0.325 e. The standard InChI is InChI=1S/C25H27N5O7/c1-29(13-19(31)36-2)24(34)14-4-3-5-17(11-14)30-8-9-37-21(25(30)35)20(32)23(33)28-16-6-7-18-15(10-16)12-27-22(18)26/h3-7,10-12,20-21,27,32H,8-9,13,26H2,1-2H3,(H,28,33)/t20-,21-/m1/s1. The summed E-state index contributed by atoms with van der Waals surface area (Å²) in [6.07, 6.45) is -1.53. The summed E-state index contributed by atoms with van der Waals surface area (Å²) in [6, 6.07) is 11.3. The molecule has 2 atom stereocenters. The fourth-order valence-corrected chi connectivity index (χ4v) is 4.04. The normalized spacial score (nSPS) is 16.4. The van der Waals surface area contributed by atoms with Crippen LogP contribution in [0.1, 0.15) is 10.4 Å². The van der Waals surface area contributed by atoms with Crippen molar-refractivity contribution in [2.75, 3.05) is 49.8 Å². The van der Waals surface area contributed by atoms with Gasteiger partial charge in [0.15, 0.2) is 12.2 Å². The molecule has 1 aromatic heterocycles. The summed E-state index contributed by atoms with van der Waals surface area (Å²) in [6.45, 7) is -0.00945. The van der Waals surface area contributed by atoms with Gasteiger partial charge in [-0.05, 0) is 36.4 Å². The first-order chi connectivity index (χ1) is 17.7. The van der Waals surface area contributed by atoms with Crippen molar-refractivity contribution in [1.82, 2.24) is 9.88 Å². The Morgan fingerprint density at radius 2 is 2.08 bits per heavy atom. The van der Waals surface area contributed by atoms with Gasteiger partial charge in [0, 0.05) is 47.5 Å². The number of aliphatic hydroxyl groups excluding tert-OH is 1. The highest BCUT2D eigenvalue weighted by Crippen LogP contribution is 2.25. The number of nitrogens with two attached hydrogens (primary N) is 1. The van der Waals surface area contributed by atoms with Crippen LogP contribution in [0.25, 0.3) is 10.8 Å². The Bertz CT molecular complexity index is 1350. The molecule has 1 aliphatic rings. The van der Waals surface area contributed by atoms with Crippen molar-refractivity contribution in [3.8, 4) is 0 Å². The van der Waals surface area contributed by atoms with Gasteiger partial charge in [-0.2, -0.15) is 0 Å². The number of ether oxygens (including phenoxy) is 2. The number of aromatic amines is 1. The minimum Gasteiger partial charge on any atom is -0.468 e. The van der Waals surface area contributed by atoms with E-state index in [1.807, 2.05) is 0 Å². The van der Waals surface area contributed by atoms with Gasteiger partial charge in [0.2, 0.25) is 0 Å². The van der Waals surface area contributed by atoms with Crippen molar-refractivity contribution in [1.29, 1.82) is 0 Å². The molecule has 5 N–H and O–H groups in total. The van der Waals surface area contributed by atoms with Crippen LogP contribution in [-0.2, 0) is 23.9 Å². The van der Waals surface area contributed by atoms with Crippen molar-refractivity contribution < 1.29 is 33.8 Å². The molecule has 3 amide bonds. The maximum absolute atomic E-state index is 13.2. The molecule has 2 heterocycles. The number of likely N-dealkylation sites (N-methyl/N-ethyl adjacent to an activating group) is 1. The number of nitrogens with one attached hydrogen (secondary N) is 2. The lowest BCUT2D eigenvalue weighted by Gasteiger charge is -2.34. The number of amides is 3. The summed E-state index contributed by atoms with van der Waals surface area (Å²) in [7, 11) is 2.69. The largest absolute Gasteiger partial charge is 0.468 e. The SMILES string of the molecule is COC(=O)CN(C)C(=O)c1cccc(N2CCO[C@H]([C@@H](O)C(=O)Nc3ccc4c(N)[nH]cc4c3)C2=O)c1. The predicted molar refractivity (Wildman–Crippen MR) is 135 cm³/mol. The number of anilines is 3. The first kappa shape index (κ1) is 25.7. The third-order valence-electron chi connectivity index (χ3n) is 6.01. The molecule has 12 heteroatoms. The Balaban J connectivity index is 1.46. The molecule has 0 spiro atoms. The third kappa shape index (κ3) is 5.39. The molecule has 1 fully saturated rings. The third-order valence-corrected chi connectivity index (χ3v) is 6.01. The average Bonchev–Trinajstić information content (AvgIpc) is 3.27. The van der Waals surface area contributed by atoms with Crippen molar-refractivity contribution in [3.63, 3.8) is 0 Å². The van der Waals surface area contributed by atoms with Crippen LogP contribution in [0.2, 0.25) is 0 Å². The Morgan fingerprint density at radius 1 is 1.30 bits per heavy atom. The van der Waals surface area contributed by atoms with Gasteiger partial charge in [0.25, 0.3) is 17.7 Å². The van der Waals surface area contributed by atoms with E-state index in [0.717, 1.165) is 10.8 Å². The van der Waals surface area contributed by atoms with E-state index in [2.05, 4.69) is 15.0 Å². The monoisotopic (exact) mass is 509 g/mol. The van der Waals surface area contributed by atoms with Crippen molar-refractivity contribution in [3.05, 3.63) is 54.2 Å². The number of methoxy groups -OCH3 is 1. The van der Waals surface area contributed by atoms with Crippen molar-refractivity contribution in [2.24, 2.45) is 0 Å². The van der Waals surface area contributed by atoms with E-state index in [1.165, 1.54) is 30.0 Å². The minimum absolute atomic E-state index is 0.0652. The Kier molecular flexibility index (Phi) is 7.41. The molecule has 0 saturated carbocycles. The summed E-state index contributed by atoms with van der Waals surface area (Å²) >= 11 is 0. The lowest BCUT2D eigenvalue weighted by atomic mass is 10.1. The number of carbonyl (C=O) groups excluding carboxylic acids is 4. The summed E-state index contributed by atoms with van der Waals surface area (Å²) in [5.74, 6) is -1.95. The van der Waals surface area contributed by atoms with Gasteiger partial charge in [-0.25, -0.2) is 0 Å². The number of morpholine rings is 1. The second kappa shape index (κ2) is 10.7. The van der Waals surface area contributed by atoms with E-state index >= 15 is 0 Å². The molecule has 0 radical (unpaired) electrons. The second-order valence-electron chi connectivity index (χ2n) is 8.51. The highest BCUT2D eigenvalue weighted by atomic mass is 16.5. The molecular formula is C25H27N5O7. The Labute approximate surface area is 211 Å². The van der Waals surface area contributed by atoms with Gasteiger partial charge < -0.3 is 40.4 Å². The van der Waals surface area contributed by atoms with Gasteiger partial charge in [0.1, 0.15) is 12.4 Å². The van der Waals surface area contributed by atoms with Crippen LogP contribution in [0.15, 0.2) is 48.7 Å². The van der Waals surface area contributed by atoms with Gasteiger partial charge in [-0.15, -0.1) is 0 Å². The summed E-state index contributed by atoms with van der Waals surface area (Å²) in [4.78, 5) is 55.6. The van der Waals surface area contributed by atoms with Crippen LogP contribution < -0.4 is 16.0 Å².